The molecule has 1 aliphatic carbocycles. The monoisotopic (exact) mass is 256 g/mol. The number of amidine groups is 1. The summed E-state index contributed by atoms with van der Waals surface area (Å²) in [7, 11) is 0. The summed E-state index contributed by atoms with van der Waals surface area (Å²) in [6.07, 6.45) is 0.297. The van der Waals surface area contributed by atoms with Gasteiger partial charge in [0.25, 0.3) is 6.02 Å². The van der Waals surface area contributed by atoms with Gasteiger partial charge in [0, 0.05) is 11.5 Å². The number of aliphatic imine (C=N–C) groups is 1. The molecule has 0 aromatic heterocycles. The number of hydrogen-bond donors (Lipinski definition) is 1. The first-order valence-electron chi connectivity index (χ1n) is 5.61. The van der Waals surface area contributed by atoms with Crippen LogP contribution in [0.3, 0.4) is 0 Å². The molecule has 1 heterocycles. The first-order chi connectivity index (χ1) is 8.58. The average molecular weight is 256 g/mol. The topological polar surface area (TPSA) is 47.6 Å². The molecule has 1 aliphatic heterocycles. The second kappa shape index (κ2) is 3.63. The molecule has 0 radical (unpaired) electrons. The van der Waals surface area contributed by atoms with Crippen LogP contribution in [0.4, 0.5) is 13.2 Å². The number of halogens is 3. The van der Waals surface area contributed by atoms with Crippen LogP contribution >= 0.6 is 0 Å². The van der Waals surface area contributed by atoms with E-state index in [9.17, 15) is 13.2 Å². The molecule has 1 aromatic carbocycles. The third kappa shape index (κ3) is 1.41. The minimum absolute atomic E-state index is 0.0937. The number of alkyl halides is 1. The molecule has 0 unspecified atom stereocenters. The lowest BCUT2D eigenvalue weighted by molar-refractivity contribution is 0.167. The van der Waals surface area contributed by atoms with Crippen molar-refractivity contribution in [1.82, 2.24) is 0 Å². The Balaban J connectivity index is 2.17. The van der Waals surface area contributed by atoms with Crippen LogP contribution in [-0.4, -0.2) is 18.8 Å². The Labute approximate surface area is 101 Å². The van der Waals surface area contributed by atoms with Gasteiger partial charge in [0.15, 0.2) is 11.6 Å². The van der Waals surface area contributed by atoms with Crippen molar-refractivity contribution in [1.29, 1.82) is 0 Å². The number of nitrogens with zero attached hydrogens (tertiary/aromatic N) is 1. The lowest BCUT2D eigenvalue weighted by atomic mass is 9.85. The molecule has 2 aliphatic rings. The van der Waals surface area contributed by atoms with Gasteiger partial charge in [0.2, 0.25) is 0 Å². The summed E-state index contributed by atoms with van der Waals surface area (Å²) in [4.78, 5) is 3.92. The van der Waals surface area contributed by atoms with E-state index in [1.54, 1.807) is 0 Å². The van der Waals surface area contributed by atoms with Crippen LogP contribution in [0.15, 0.2) is 23.2 Å². The zero-order valence-corrected chi connectivity index (χ0v) is 9.37. The summed E-state index contributed by atoms with van der Waals surface area (Å²) in [5, 5.41) is 0. The van der Waals surface area contributed by atoms with Gasteiger partial charge in [-0.2, -0.15) is 0 Å². The highest BCUT2D eigenvalue weighted by Crippen LogP contribution is 2.53. The Hall–Kier alpha value is -1.72. The summed E-state index contributed by atoms with van der Waals surface area (Å²) in [5.74, 6) is -2.37. The third-order valence-corrected chi connectivity index (χ3v) is 3.55. The quantitative estimate of drug-likeness (QED) is 0.878. The standard InChI is InChI=1S/C12H11F3N2O/c13-5-12(6-2-1-3-8(14)10(6)15)7-4-9(7)18-11(16)17-12/h1-3,7,9H,4-5H2,(H2,16,17)/t7-,9+,12+/m0/s1. The normalized spacial score (nSPS) is 33.4. The van der Waals surface area contributed by atoms with Crippen molar-refractivity contribution in [2.75, 3.05) is 6.67 Å². The predicted molar refractivity (Wildman–Crippen MR) is 58.6 cm³/mol. The number of fused-ring (bicyclic) bond motifs is 1. The highest BCUT2D eigenvalue weighted by molar-refractivity contribution is 5.74. The highest BCUT2D eigenvalue weighted by atomic mass is 19.2. The number of hydrogen-bond acceptors (Lipinski definition) is 3. The maximum atomic E-state index is 13.8. The van der Waals surface area contributed by atoms with Crippen molar-refractivity contribution in [3.05, 3.63) is 35.4 Å². The van der Waals surface area contributed by atoms with E-state index in [2.05, 4.69) is 4.99 Å². The van der Waals surface area contributed by atoms with Crippen molar-refractivity contribution in [3.63, 3.8) is 0 Å². The van der Waals surface area contributed by atoms with E-state index in [0.29, 0.717) is 6.42 Å². The number of rotatable bonds is 2. The van der Waals surface area contributed by atoms with Gasteiger partial charge in [-0.3, -0.25) is 0 Å². The van der Waals surface area contributed by atoms with Gasteiger partial charge in [0.05, 0.1) is 0 Å². The fraction of sp³-hybridized carbons (Fsp3) is 0.417. The van der Waals surface area contributed by atoms with Gasteiger partial charge in [-0.1, -0.05) is 12.1 Å². The van der Waals surface area contributed by atoms with Gasteiger partial charge < -0.3 is 10.5 Å². The molecule has 1 aromatic rings. The molecule has 6 heteroatoms. The number of nitrogens with two attached hydrogens (primary N) is 1. The van der Waals surface area contributed by atoms with Crippen LogP contribution in [-0.2, 0) is 10.3 Å². The maximum Gasteiger partial charge on any atom is 0.283 e. The molecule has 3 nitrogen and oxygen atoms in total. The van der Waals surface area contributed by atoms with Gasteiger partial charge in [-0.15, -0.1) is 0 Å². The van der Waals surface area contributed by atoms with Gasteiger partial charge in [0.1, 0.15) is 18.3 Å². The van der Waals surface area contributed by atoms with Crippen molar-refractivity contribution >= 4 is 6.02 Å². The minimum Gasteiger partial charge on any atom is -0.462 e. The minimum atomic E-state index is -1.45. The molecular weight excluding hydrogens is 245 g/mol. The van der Waals surface area contributed by atoms with E-state index < -0.39 is 23.8 Å². The van der Waals surface area contributed by atoms with E-state index >= 15 is 0 Å². The van der Waals surface area contributed by atoms with E-state index in [0.717, 1.165) is 6.07 Å². The number of ether oxygens (including phenoxy) is 1. The van der Waals surface area contributed by atoms with E-state index in [4.69, 9.17) is 10.5 Å². The van der Waals surface area contributed by atoms with Crippen LogP contribution in [0, 0.1) is 17.6 Å². The SMILES string of the molecule is NC1=N[C@](CF)(c2cccc(F)c2F)[C@H]2C[C@H]2O1. The second-order valence-corrected chi connectivity index (χ2v) is 4.61. The van der Waals surface area contributed by atoms with E-state index in [-0.39, 0.29) is 23.6 Å². The molecule has 2 N–H and O–H groups in total. The van der Waals surface area contributed by atoms with Crippen molar-refractivity contribution in [3.8, 4) is 0 Å². The fourth-order valence-corrected chi connectivity index (χ4v) is 2.56. The fourth-order valence-electron chi connectivity index (χ4n) is 2.56. The van der Waals surface area contributed by atoms with Gasteiger partial charge in [-0.25, -0.2) is 18.2 Å². The summed E-state index contributed by atoms with van der Waals surface area (Å²) in [5.41, 5.74) is 3.93. The zero-order valence-electron chi connectivity index (χ0n) is 9.37. The van der Waals surface area contributed by atoms with Crippen LogP contribution in [0.1, 0.15) is 12.0 Å². The third-order valence-electron chi connectivity index (χ3n) is 3.55. The molecule has 3 rings (SSSR count). The Morgan fingerprint density at radius 3 is 2.94 bits per heavy atom. The summed E-state index contributed by atoms with van der Waals surface area (Å²) >= 11 is 0. The zero-order chi connectivity index (χ0) is 12.9. The first kappa shape index (κ1) is 11.4. The molecule has 0 amide bonds. The van der Waals surface area contributed by atoms with E-state index in [1.807, 2.05) is 0 Å². The molecule has 0 saturated heterocycles. The Kier molecular flexibility index (Phi) is 2.30. The maximum absolute atomic E-state index is 13.8. The lowest BCUT2D eigenvalue weighted by Gasteiger charge is -2.31. The summed E-state index contributed by atoms with van der Waals surface area (Å²) < 4.78 is 45.7. The Morgan fingerprint density at radius 1 is 1.44 bits per heavy atom. The van der Waals surface area contributed by atoms with Crippen LogP contribution < -0.4 is 5.73 Å². The first-order valence-corrected chi connectivity index (χ1v) is 5.61. The predicted octanol–water partition coefficient (Wildman–Crippen LogP) is 1.86. The van der Waals surface area contributed by atoms with Gasteiger partial charge in [-0.05, 0) is 12.5 Å². The van der Waals surface area contributed by atoms with Crippen LogP contribution in [0.25, 0.3) is 0 Å². The molecule has 96 valence electrons. The molecule has 1 saturated carbocycles. The van der Waals surface area contributed by atoms with Crippen molar-refractivity contribution in [2.45, 2.75) is 18.1 Å². The Bertz CT molecular complexity index is 534. The summed E-state index contributed by atoms with van der Waals surface area (Å²) in [6, 6.07) is 3.50. The largest absolute Gasteiger partial charge is 0.462 e. The smallest absolute Gasteiger partial charge is 0.283 e. The summed E-state index contributed by atoms with van der Waals surface area (Å²) in [6.45, 7) is -0.932. The number of benzene rings is 1. The molecule has 18 heavy (non-hydrogen) atoms. The molecule has 0 spiro atoms. The molecule has 0 bridgehead atoms. The van der Waals surface area contributed by atoms with Crippen molar-refractivity contribution in [2.24, 2.45) is 16.6 Å². The second-order valence-electron chi connectivity index (χ2n) is 4.61. The molecule has 1 fully saturated rings. The van der Waals surface area contributed by atoms with E-state index in [1.165, 1.54) is 12.1 Å². The van der Waals surface area contributed by atoms with Crippen LogP contribution in [0.2, 0.25) is 0 Å². The van der Waals surface area contributed by atoms with Crippen molar-refractivity contribution < 1.29 is 17.9 Å². The van der Waals surface area contributed by atoms with Gasteiger partial charge >= 0.3 is 0 Å². The molecular formula is C12H11F3N2O. The average Bonchev–Trinajstić information content (AvgIpc) is 3.11. The highest BCUT2D eigenvalue weighted by Gasteiger charge is 2.60. The lowest BCUT2D eigenvalue weighted by Crippen LogP contribution is -2.39. The Morgan fingerprint density at radius 2 is 2.22 bits per heavy atom. The van der Waals surface area contributed by atoms with Crippen LogP contribution in [0.5, 0.6) is 0 Å². The molecule has 3 atom stereocenters.